The van der Waals surface area contributed by atoms with E-state index in [4.69, 9.17) is 0 Å². The van der Waals surface area contributed by atoms with E-state index in [1.54, 1.807) is 0 Å². The van der Waals surface area contributed by atoms with Crippen LogP contribution in [0.5, 0.6) is 0 Å². The highest BCUT2D eigenvalue weighted by Gasteiger charge is 2.29. The van der Waals surface area contributed by atoms with E-state index in [0.29, 0.717) is 11.7 Å². The molecule has 1 aromatic heterocycles. The Labute approximate surface area is 95.8 Å². The molecule has 0 radical (unpaired) electrons. The van der Waals surface area contributed by atoms with E-state index in [1.165, 1.54) is 12.8 Å². The molecule has 2 rings (SSSR count). The molecule has 0 spiro atoms. The van der Waals surface area contributed by atoms with Crippen molar-refractivity contribution in [1.82, 2.24) is 10.2 Å². The van der Waals surface area contributed by atoms with Crippen LogP contribution in [0.4, 0.5) is 5.82 Å². The third kappa shape index (κ3) is 2.26. The molecule has 0 aromatic carbocycles. The number of nitrogens with zero attached hydrogens (tertiary/aromatic N) is 1. The Kier molecular flexibility index (Phi) is 3.27. The first kappa shape index (κ1) is 11.2. The number of amides is 1. The number of aromatic nitrogens is 2. The summed E-state index contributed by atoms with van der Waals surface area (Å²) in [6, 6.07) is 1.90. The zero-order chi connectivity index (χ0) is 11.5. The molecule has 4 nitrogen and oxygen atoms in total. The molecule has 2 unspecified atom stereocenters. The monoisotopic (exact) mass is 221 g/mol. The maximum absolute atomic E-state index is 12.0. The first-order valence-electron chi connectivity index (χ1n) is 6.06. The summed E-state index contributed by atoms with van der Waals surface area (Å²) in [6.45, 7) is 4.21. The highest BCUT2D eigenvalue weighted by molar-refractivity contribution is 5.92. The number of anilines is 1. The number of aryl methyl sites for hydroxylation is 1. The highest BCUT2D eigenvalue weighted by atomic mass is 16.2. The van der Waals surface area contributed by atoms with Crippen LogP contribution in [0.15, 0.2) is 6.07 Å². The van der Waals surface area contributed by atoms with Gasteiger partial charge in [0, 0.05) is 17.7 Å². The van der Waals surface area contributed by atoms with Gasteiger partial charge < -0.3 is 5.32 Å². The number of nitrogens with one attached hydrogen (secondary N) is 2. The molecule has 0 aliphatic heterocycles. The summed E-state index contributed by atoms with van der Waals surface area (Å²) in [5.74, 6) is 1.45. The third-order valence-corrected chi connectivity index (χ3v) is 3.46. The van der Waals surface area contributed by atoms with Crippen LogP contribution < -0.4 is 5.32 Å². The molecule has 1 aliphatic rings. The molecule has 1 heterocycles. The second-order valence-corrected chi connectivity index (χ2v) is 4.64. The number of rotatable bonds is 3. The van der Waals surface area contributed by atoms with Gasteiger partial charge in [0.25, 0.3) is 0 Å². The molecule has 1 saturated carbocycles. The van der Waals surface area contributed by atoms with Crippen molar-refractivity contribution in [2.24, 2.45) is 11.8 Å². The number of hydrogen-bond donors (Lipinski definition) is 2. The van der Waals surface area contributed by atoms with Gasteiger partial charge >= 0.3 is 0 Å². The van der Waals surface area contributed by atoms with Gasteiger partial charge in [0.05, 0.1) is 0 Å². The summed E-state index contributed by atoms with van der Waals surface area (Å²) in [5.41, 5.74) is 1.05. The number of aromatic amines is 1. The van der Waals surface area contributed by atoms with Gasteiger partial charge in [0.2, 0.25) is 5.91 Å². The fourth-order valence-corrected chi connectivity index (χ4v) is 2.36. The summed E-state index contributed by atoms with van der Waals surface area (Å²) in [5, 5.41) is 9.85. The van der Waals surface area contributed by atoms with Crippen LogP contribution in [0.25, 0.3) is 0 Å². The van der Waals surface area contributed by atoms with Crippen LogP contribution in [0.2, 0.25) is 0 Å². The van der Waals surface area contributed by atoms with Gasteiger partial charge in [0.15, 0.2) is 5.82 Å². The molecular formula is C12H19N3O. The predicted molar refractivity (Wildman–Crippen MR) is 63.1 cm³/mol. The molecule has 1 fully saturated rings. The molecule has 0 saturated heterocycles. The third-order valence-electron chi connectivity index (χ3n) is 3.46. The maximum Gasteiger partial charge on any atom is 0.228 e. The van der Waals surface area contributed by atoms with Crippen molar-refractivity contribution in [3.63, 3.8) is 0 Å². The second-order valence-electron chi connectivity index (χ2n) is 4.64. The lowest BCUT2D eigenvalue weighted by atomic mass is 9.97. The number of carbonyl (C=O) groups is 1. The van der Waals surface area contributed by atoms with Crippen molar-refractivity contribution < 1.29 is 4.79 Å². The van der Waals surface area contributed by atoms with E-state index in [1.807, 2.05) is 6.07 Å². The maximum atomic E-state index is 12.0. The molecule has 16 heavy (non-hydrogen) atoms. The first-order chi connectivity index (χ1) is 7.70. The average Bonchev–Trinajstić information content (AvgIpc) is 2.86. The first-order valence-corrected chi connectivity index (χ1v) is 6.06. The second kappa shape index (κ2) is 4.68. The Morgan fingerprint density at radius 1 is 1.62 bits per heavy atom. The molecule has 1 aliphatic carbocycles. The summed E-state index contributed by atoms with van der Waals surface area (Å²) in [7, 11) is 0. The molecular weight excluding hydrogens is 202 g/mol. The number of carbonyl (C=O) groups excluding carboxylic acids is 1. The molecule has 0 bridgehead atoms. The fourth-order valence-electron chi connectivity index (χ4n) is 2.36. The van der Waals surface area contributed by atoms with Gasteiger partial charge in [-0.1, -0.05) is 20.3 Å². The van der Waals surface area contributed by atoms with Crippen molar-refractivity contribution in [1.29, 1.82) is 0 Å². The van der Waals surface area contributed by atoms with E-state index in [0.717, 1.165) is 18.5 Å². The Morgan fingerprint density at radius 3 is 3.00 bits per heavy atom. The normalized spacial score (nSPS) is 24.6. The van der Waals surface area contributed by atoms with Crippen LogP contribution in [-0.2, 0) is 11.2 Å². The van der Waals surface area contributed by atoms with Crippen molar-refractivity contribution in [2.75, 3.05) is 5.32 Å². The SMILES string of the molecule is CCc1cc(NC(=O)C2CCCC2C)n[nH]1. The standard InChI is InChI=1S/C12H19N3O/c1-3-9-7-11(15-14-9)13-12(16)10-6-4-5-8(10)2/h7-8,10H,3-6H2,1-2H3,(H2,13,14,15,16). The minimum atomic E-state index is 0.124. The number of H-pyrrole nitrogens is 1. The Balaban J connectivity index is 1.96. The zero-order valence-electron chi connectivity index (χ0n) is 9.92. The highest BCUT2D eigenvalue weighted by Crippen LogP contribution is 2.31. The molecule has 2 N–H and O–H groups in total. The summed E-state index contributed by atoms with van der Waals surface area (Å²) >= 11 is 0. The smallest absolute Gasteiger partial charge is 0.228 e. The lowest BCUT2D eigenvalue weighted by molar-refractivity contribution is -0.120. The quantitative estimate of drug-likeness (QED) is 0.823. The van der Waals surface area contributed by atoms with E-state index in [-0.39, 0.29) is 11.8 Å². The minimum absolute atomic E-state index is 0.124. The van der Waals surface area contributed by atoms with E-state index in [9.17, 15) is 4.79 Å². The molecule has 88 valence electrons. The van der Waals surface area contributed by atoms with E-state index in [2.05, 4.69) is 29.4 Å². The van der Waals surface area contributed by atoms with Crippen molar-refractivity contribution >= 4 is 11.7 Å². The molecule has 4 heteroatoms. The largest absolute Gasteiger partial charge is 0.309 e. The van der Waals surface area contributed by atoms with Gasteiger partial charge in [0.1, 0.15) is 0 Å². The molecule has 1 amide bonds. The lowest BCUT2D eigenvalue weighted by Gasteiger charge is -2.13. The van der Waals surface area contributed by atoms with Crippen molar-refractivity contribution in [3.8, 4) is 0 Å². The van der Waals surface area contributed by atoms with E-state index >= 15 is 0 Å². The van der Waals surface area contributed by atoms with Crippen LogP contribution in [0.3, 0.4) is 0 Å². The van der Waals surface area contributed by atoms with Crippen LogP contribution in [0, 0.1) is 11.8 Å². The minimum Gasteiger partial charge on any atom is -0.309 e. The van der Waals surface area contributed by atoms with E-state index < -0.39 is 0 Å². The fraction of sp³-hybridized carbons (Fsp3) is 0.667. The molecule has 2 atom stereocenters. The topological polar surface area (TPSA) is 57.8 Å². The van der Waals surface area contributed by atoms with Crippen LogP contribution in [0.1, 0.15) is 38.8 Å². The van der Waals surface area contributed by atoms with Gasteiger partial charge in [-0.05, 0) is 25.2 Å². The molecule has 1 aromatic rings. The lowest BCUT2D eigenvalue weighted by Crippen LogP contribution is -2.24. The summed E-state index contributed by atoms with van der Waals surface area (Å²) in [6.07, 6.45) is 4.25. The van der Waals surface area contributed by atoms with Crippen LogP contribution >= 0.6 is 0 Å². The number of hydrogen-bond acceptors (Lipinski definition) is 2. The van der Waals surface area contributed by atoms with Crippen molar-refractivity contribution in [2.45, 2.75) is 39.5 Å². The Hall–Kier alpha value is -1.32. The van der Waals surface area contributed by atoms with Gasteiger partial charge in [-0.15, -0.1) is 0 Å². The van der Waals surface area contributed by atoms with Crippen molar-refractivity contribution in [3.05, 3.63) is 11.8 Å². The average molecular weight is 221 g/mol. The summed E-state index contributed by atoms with van der Waals surface area (Å²) in [4.78, 5) is 12.0. The van der Waals surface area contributed by atoms with Gasteiger partial charge in [-0.2, -0.15) is 5.10 Å². The van der Waals surface area contributed by atoms with Crippen LogP contribution in [-0.4, -0.2) is 16.1 Å². The van der Waals surface area contributed by atoms with Gasteiger partial charge in [-0.25, -0.2) is 0 Å². The predicted octanol–water partition coefficient (Wildman–Crippen LogP) is 2.35. The Bertz CT molecular complexity index is 372. The Morgan fingerprint density at radius 2 is 2.44 bits per heavy atom. The zero-order valence-corrected chi connectivity index (χ0v) is 9.92. The van der Waals surface area contributed by atoms with Gasteiger partial charge in [-0.3, -0.25) is 9.89 Å². The summed E-state index contributed by atoms with van der Waals surface area (Å²) < 4.78 is 0.